The SMILES string of the molecule is Cc1cc(C2C3C(=O)N(C4CCCCC4)C(=O)C3ON2C(C)(C)C)ccc1O. The number of aryl methyl sites for hydroxylation is 1. The molecule has 3 aliphatic rings. The van der Waals surface area contributed by atoms with Gasteiger partial charge in [-0.05, 0) is 57.7 Å². The number of carbonyl (C=O) groups is 2. The van der Waals surface area contributed by atoms with Crippen LogP contribution < -0.4 is 0 Å². The first-order valence-corrected chi connectivity index (χ1v) is 10.3. The van der Waals surface area contributed by atoms with E-state index in [1.165, 1.54) is 11.3 Å². The third-order valence-electron chi connectivity index (χ3n) is 6.31. The van der Waals surface area contributed by atoms with Crippen LogP contribution in [0.2, 0.25) is 0 Å². The Hall–Kier alpha value is -1.92. The molecule has 6 heteroatoms. The van der Waals surface area contributed by atoms with Crippen LogP contribution in [0.3, 0.4) is 0 Å². The van der Waals surface area contributed by atoms with Crippen LogP contribution in [0.25, 0.3) is 0 Å². The van der Waals surface area contributed by atoms with Crippen molar-refractivity contribution in [2.75, 3.05) is 0 Å². The van der Waals surface area contributed by atoms with Gasteiger partial charge in [-0.15, -0.1) is 0 Å². The number of phenols is 1. The number of amides is 2. The number of phenolic OH excluding ortho intramolecular Hbond substituents is 1. The first kappa shape index (κ1) is 19.4. The Kier molecular flexibility index (Phi) is 4.74. The molecular formula is C22H30N2O4. The predicted octanol–water partition coefficient (Wildman–Crippen LogP) is 3.47. The van der Waals surface area contributed by atoms with Crippen LogP contribution in [0.15, 0.2) is 18.2 Å². The molecule has 6 nitrogen and oxygen atoms in total. The summed E-state index contributed by atoms with van der Waals surface area (Å²) in [4.78, 5) is 34.3. The molecule has 152 valence electrons. The second-order valence-corrected chi connectivity index (χ2v) is 9.38. The van der Waals surface area contributed by atoms with Crippen LogP contribution in [-0.4, -0.2) is 44.6 Å². The van der Waals surface area contributed by atoms with E-state index in [9.17, 15) is 14.7 Å². The Morgan fingerprint density at radius 3 is 2.36 bits per heavy atom. The summed E-state index contributed by atoms with van der Waals surface area (Å²) in [5.74, 6) is -0.615. The van der Waals surface area contributed by atoms with Gasteiger partial charge in [0.05, 0.1) is 12.0 Å². The maximum Gasteiger partial charge on any atom is 0.261 e. The van der Waals surface area contributed by atoms with Crippen LogP contribution in [0.1, 0.15) is 70.0 Å². The lowest BCUT2D eigenvalue weighted by Gasteiger charge is -2.38. The van der Waals surface area contributed by atoms with Crippen molar-refractivity contribution >= 4 is 11.8 Å². The van der Waals surface area contributed by atoms with Crippen molar-refractivity contribution in [2.45, 2.75) is 83.5 Å². The number of fused-ring (bicyclic) bond motifs is 1. The fraction of sp³-hybridized carbons (Fsp3) is 0.636. The summed E-state index contributed by atoms with van der Waals surface area (Å²) < 4.78 is 0. The van der Waals surface area contributed by atoms with Crippen molar-refractivity contribution in [1.29, 1.82) is 0 Å². The van der Waals surface area contributed by atoms with Crippen molar-refractivity contribution < 1.29 is 19.5 Å². The number of imide groups is 1. The van der Waals surface area contributed by atoms with Crippen LogP contribution in [0, 0.1) is 12.8 Å². The molecule has 0 bridgehead atoms. The number of nitrogens with zero attached hydrogens (tertiary/aromatic N) is 2. The lowest BCUT2D eigenvalue weighted by Crippen LogP contribution is -2.47. The van der Waals surface area contributed by atoms with Gasteiger partial charge in [0, 0.05) is 11.6 Å². The van der Waals surface area contributed by atoms with Crippen LogP contribution >= 0.6 is 0 Å². The summed E-state index contributed by atoms with van der Waals surface area (Å²) in [5, 5.41) is 11.7. The third kappa shape index (κ3) is 3.03. The van der Waals surface area contributed by atoms with E-state index in [2.05, 4.69) is 0 Å². The predicted molar refractivity (Wildman–Crippen MR) is 104 cm³/mol. The minimum Gasteiger partial charge on any atom is -0.508 e. The Morgan fingerprint density at radius 1 is 1.07 bits per heavy atom. The lowest BCUT2D eigenvalue weighted by atomic mass is 9.88. The minimum absolute atomic E-state index is 0.00763. The third-order valence-corrected chi connectivity index (χ3v) is 6.31. The summed E-state index contributed by atoms with van der Waals surface area (Å²) in [6, 6.07) is 5.03. The van der Waals surface area contributed by atoms with E-state index >= 15 is 0 Å². The van der Waals surface area contributed by atoms with E-state index in [0.717, 1.165) is 36.8 Å². The van der Waals surface area contributed by atoms with Crippen molar-refractivity contribution in [1.82, 2.24) is 9.96 Å². The van der Waals surface area contributed by atoms with Gasteiger partial charge in [-0.1, -0.05) is 31.4 Å². The maximum atomic E-state index is 13.5. The molecule has 3 fully saturated rings. The van der Waals surface area contributed by atoms with E-state index < -0.39 is 12.0 Å². The van der Waals surface area contributed by atoms with Gasteiger partial charge < -0.3 is 5.11 Å². The van der Waals surface area contributed by atoms with Crippen LogP contribution in [0.5, 0.6) is 5.75 Å². The zero-order valence-corrected chi connectivity index (χ0v) is 17.1. The lowest BCUT2D eigenvalue weighted by molar-refractivity contribution is -0.216. The molecule has 2 saturated heterocycles. The van der Waals surface area contributed by atoms with Crippen molar-refractivity contribution in [3.05, 3.63) is 29.3 Å². The molecule has 2 aliphatic heterocycles. The van der Waals surface area contributed by atoms with E-state index in [1.54, 1.807) is 6.07 Å². The highest BCUT2D eigenvalue weighted by molar-refractivity contribution is 6.07. The number of hydrogen-bond donors (Lipinski definition) is 1. The van der Waals surface area contributed by atoms with Gasteiger partial charge in [0.1, 0.15) is 5.75 Å². The highest BCUT2D eigenvalue weighted by Crippen LogP contribution is 2.49. The van der Waals surface area contributed by atoms with Crippen molar-refractivity contribution in [3.8, 4) is 5.75 Å². The highest BCUT2D eigenvalue weighted by Gasteiger charge is 2.62. The van der Waals surface area contributed by atoms with E-state index in [-0.39, 0.29) is 35.2 Å². The highest BCUT2D eigenvalue weighted by atomic mass is 16.7. The Morgan fingerprint density at radius 2 is 1.75 bits per heavy atom. The molecule has 4 rings (SSSR count). The molecule has 2 amide bonds. The molecule has 3 atom stereocenters. The fourth-order valence-electron chi connectivity index (χ4n) is 4.91. The van der Waals surface area contributed by atoms with E-state index in [0.29, 0.717) is 0 Å². The Bertz CT molecular complexity index is 794. The maximum absolute atomic E-state index is 13.5. The van der Waals surface area contributed by atoms with Gasteiger partial charge in [-0.25, -0.2) is 0 Å². The summed E-state index contributed by atoms with van der Waals surface area (Å²) in [7, 11) is 0. The number of aromatic hydroxyl groups is 1. The normalized spacial score (nSPS) is 29.6. The largest absolute Gasteiger partial charge is 0.508 e. The number of rotatable bonds is 2. The quantitative estimate of drug-likeness (QED) is 0.788. The molecule has 0 aromatic heterocycles. The summed E-state index contributed by atoms with van der Waals surface area (Å²) in [6.07, 6.45) is 4.32. The topological polar surface area (TPSA) is 70.1 Å². The number of carbonyl (C=O) groups excluding carboxylic acids is 2. The average molecular weight is 386 g/mol. The first-order chi connectivity index (χ1) is 13.2. The average Bonchev–Trinajstić information content (AvgIpc) is 3.15. The summed E-state index contributed by atoms with van der Waals surface area (Å²) in [5.41, 5.74) is 1.26. The van der Waals surface area contributed by atoms with Gasteiger partial charge in [0.25, 0.3) is 5.91 Å². The molecule has 1 saturated carbocycles. The summed E-state index contributed by atoms with van der Waals surface area (Å²) >= 11 is 0. The fourth-order valence-corrected chi connectivity index (χ4v) is 4.91. The molecular weight excluding hydrogens is 356 g/mol. The van der Waals surface area contributed by atoms with Gasteiger partial charge in [-0.2, -0.15) is 5.06 Å². The zero-order valence-electron chi connectivity index (χ0n) is 17.1. The molecule has 1 aromatic carbocycles. The van der Waals surface area contributed by atoms with E-state index in [4.69, 9.17) is 4.84 Å². The van der Waals surface area contributed by atoms with Gasteiger partial charge in [-0.3, -0.25) is 19.3 Å². The molecule has 1 N–H and O–H groups in total. The second kappa shape index (κ2) is 6.85. The minimum atomic E-state index is -0.757. The molecule has 2 heterocycles. The van der Waals surface area contributed by atoms with Crippen LogP contribution in [-0.2, 0) is 14.4 Å². The van der Waals surface area contributed by atoms with Crippen molar-refractivity contribution in [3.63, 3.8) is 0 Å². The first-order valence-electron chi connectivity index (χ1n) is 10.3. The standard InChI is InChI=1S/C22H30N2O4/c1-13-12-14(10-11-16(13)25)18-17-19(28-24(18)22(2,3)4)21(27)23(20(17)26)15-8-6-5-7-9-15/h10-12,15,17-19,25H,5-9H2,1-4H3. The molecule has 3 unspecified atom stereocenters. The second-order valence-electron chi connectivity index (χ2n) is 9.38. The number of likely N-dealkylation sites (tertiary alicyclic amines) is 1. The van der Waals surface area contributed by atoms with Gasteiger partial charge >= 0.3 is 0 Å². The molecule has 28 heavy (non-hydrogen) atoms. The molecule has 1 aliphatic carbocycles. The van der Waals surface area contributed by atoms with Crippen LogP contribution in [0.4, 0.5) is 0 Å². The molecule has 0 radical (unpaired) electrons. The Balaban J connectivity index is 1.73. The summed E-state index contributed by atoms with van der Waals surface area (Å²) in [6.45, 7) is 7.88. The van der Waals surface area contributed by atoms with Crippen molar-refractivity contribution in [2.24, 2.45) is 5.92 Å². The van der Waals surface area contributed by atoms with Gasteiger partial charge in [0.15, 0.2) is 6.10 Å². The number of hydrogen-bond acceptors (Lipinski definition) is 5. The number of hydroxylamine groups is 2. The molecule has 1 aromatic rings. The van der Waals surface area contributed by atoms with E-state index in [1.807, 2.05) is 44.9 Å². The van der Waals surface area contributed by atoms with Gasteiger partial charge in [0.2, 0.25) is 5.91 Å². The Labute approximate surface area is 166 Å². The monoisotopic (exact) mass is 386 g/mol. The zero-order chi connectivity index (χ0) is 20.2. The smallest absolute Gasteiger partial charge is 0.261 e. The molecule has 0 spiro atoms. The number of benzene rings is 1.